The molecule has 0 radical (unpaired) electrons. The Hall–Kier alpha value is -1.57. The van der Waals surface area contributed by atoms with Gasteiger partial charge in [0, 0.05) is 0 Å². The molecule has 2 heteroatoms. The molecule has 0 saturated heterocycles. The van der Waals surface area contributed by atoms with Crippen LogP contribution < -0.4 is 4.74 Å². The van der Waals surface area contributed by atoms with E-state index in [9.17, 15) is 4.79 Å². The van der Waals surface area contributed by atoms with Gasteiger partial charge in [0.1, 0.15) is 12.0 Å². The van der Waals surface area contributed by atoms with Gasteiger partial charge >= 0.3 is 0 Å². The molecule has 0 aliphatic heterocycles. The topological polar surface area (TPSA) is 26.3 Å². The lowest BCUT2D eigenvalue weighted by Crippen LogP contribution is -2.01. The van der Waals surface area contributed by atoms with Crippen molar-refractivity contribution >= 4 is 6.29 Å². The largest absolute Gasteiger partial charge is 0.497 e. The van der Waals surface area contributed by atoms with Gasteiger partial charge in [0.2, 0.25) is 0 Å². The third-order valence-electron chi connectivity index (χ3n) is 3.56. The van der Waals surface area contributed by atoms with Crippen molar-refractivity contribution < 1.29 is 9.53 Å². The average Bonchev–Trinajstić information content (AvgIpc) is 2.46. The first-order valence-corrected chi connectivity index (χ1v) is 6.62. The number of carbonyl (C=O) groups excluding carboxylic acids is 1. The molecule has 96 valence electrons. The summed E-state index contributed by atoms with van der Waals surface area (Å²) in [7, 11) is 1.65. The van der Waals surface area contributed by atoms with Crippen LogP contribution in [0.4, 0.5) is 0 Å². The van der Waals surface area contributed by atoms with E-state index < -0.39 is 0 Å². The quantitative estimate of drug-likeness (QED) is 0.593. The number of methoxy groups -OCH3 is 1. The summed E-state index contributed by atoms with van der Waals surface area (Å²) in [5.74, 6) is 0.720. The molecule has 0 N–H and O–H groups in total. The van der Waals surface area contributed by atoms with Gasteiger partial charge in [-0.2, -0.15) is 0 Å². The third-order valence-corrected chi connectivity index (χ3v) is 3.56. The zero-order chi connectivity index (χ0) is 12.8. The molecular formula is C16H20O2. The molecule has 0 heterocycles. The minimum atomic E-state index is -0.107. The van der Waals surface area contributed by atoms with Crippen LogP contribution in [-0.4, -0.2) is 13.4 Å². The second-order valence-corrected chi connectivity index (χ2v) is 4.82. The van der Waals surface area contributed by atoms with Gasteiger partial charge in [-0.25, -0.2) is 0 Å². The van der Waals surface area contributed by atoms with E-state index in [1.165, 1.54) is 24.8 Å². The molecule has 2 nitrogen and oxygen atoms in total. The van der Waals surface area contributed by atoms with Crippen molar-refractivity contribution in [2.75, 3.05) is 7.11 Å². The summed E-state index contributed by atoms with van der Waals surface area (Å²) in [6.07, 6.45) is 9.34. The molecule has 1 aliphatic rings. The summed E-state index contributed by atoms with van der Waals surface area (Å²) in [6, 6.07) is 7.76. The third kappa shape index (κ3) is 3.22. The molecule has 1 unspecified atom stereocenters. The van der Waals surface area contributed by atoms with Crippen LogP contribution in [0.2, 0.25) is 0 Å². The highest BCUT2D eigenvalue weighted by Crippen LogP contribution is 2.27. The van der Waals surface area contributed by atoms with Gasteiger partial charge in [-0.15, -0.1) is 0 Å². The molecule has 1 aliphatic carbocycles. The van der Waals surface area contributed by atoms with Gasteiger partial charge in [0.25, 0.3) is 0 Å². The summed E-state index contributed by atoms with van der Waals surface area (Å²) in [5, 5.41) is 0. The maximum Gasteiger partial charge on any atom is 0.131 e. The van der Waals surface area contributed by atoms with Crippen molar-refractivity contribution in [3.05, 3.63) is 41.5 Å². The Morgan fingerprint density at radius 3 is 2.33 bits per heavy atom. The number of rotatable bonds is 4. The zero-order valence-corrected chi connectivity index (χ0v) is 10.9. The van der Waals surface area contributed by atoms with E-state index in [0.29, 0.717) is 0 Å². The summed E-state index contributed by atoms with van der Waals surface area (Å²) in [4.78, 5) is 11.3. The molecule has 1 aromatic carbocycles. The first-order valence-electron chi connectivity index (χ1n) is 6.62. The second kappa shape index (κ2) is 6.39. The lowest BCUT2D eigenvalue weighted by molar-refractivity contribution is -0.108. The smallest absolute Gasteiger partial charge is 0.131 e. The van der Waals surface area contributed by atoms with Gasteiger partial charge in [0.15, 0.2) is 0 Å². The van der Waals surface area contributed by atoms with E-state index in [-0.39, 0.29) is 5.92 Å². The predicted octanol–water partition coefficient (Wildman–Crippen LogP) is 3.87. The number of benzene rings is 1. The summed E-state index contributed by atoms with van der Waals surface area (Å²) < 4.78 is 5.13. The number of ether oxygens (including phenoxy) is 1. The number of allylic oxidation sites excluding steroid dienone is 2. The monoisotopic (exact) mass is 244 g/mol. The number of aldehydes is 1. The first-order chi connectivity index (χ1) is 8.83. The van der Waals surface area contributed by atoms with Crippen LogP contribution in [0.1, 0.15) is 43.6 Å². The normalized spacial score (nSPS) is 17.1. The van der Waals surface area contributed by atoms with Gasteiger partial charge in [0.05, 0.1) is 13.0 Å². The van der Waals surface area contributed by atoms with E-state index in [1.807, 2.05) is 24.3 Å². The van der Waals surface area contributed by atoms with Crippen LogP contribution in [0.5, 0.6) is 5.75 Å². The number of carbonyl (C=O) groups is 1. The molecular weight excluding hydrogens is 224 g/mol. The fraction of sp³-hybridized carbons (Fsp3) is 0.438. The molecule has 0 spiro atoms. The Morgan fingerprint density at radius 1 is 1.11 bits per heavy atom. The molecule has 1 saturated carbocycles. The van der Waals surface area contributed by atoms with E-state index >= 15 is 0 Å². The van der Waals surface area contributed by atoms with Crippen molar-refractivity contribution in [1.82, 2.24) is 0 Å². The Morgan fingerprint density at radius 2 is 1.78 bits per heavy atom. The van der Waals surface area contributed by atoms with Gasteiger partial charge in [-0.1, -0.05) is 30.2 Å². The first kappa shape index (κ1) is 12.9. The highest BCUT2D eigenvalue weighted by atomic mass is 16.5. The molecule has 1 fully saturated rings. The van der Waals surface area contributed by atoms with Gasteiger partial charge < -0.3 is 9.53 Å². The fourth-order valence-electron chi connectivity index (χ4n) is 2.47. The van der Waals surface area contributed by atoms with E-state index in [2.05, 4.69) is 6.08 Å². The highest BCUT2D eigenvalue weighted by molar-refractivity contribution is 5.65. The second-order valence-electron chi connectivity index (χ2n) is 4.82. The zero-order valence-electron chi connectivity index (χ0n) is 10.9. The number of hydrogen-bond acceptors (Lipinski definition) is 2. The molecule has 1 atom stereocenters. The van der Waals surface area contributed by atoms with Crippen molar-refractivity contribution in [2.24, 2.45) is 0 Å². The van der Waals surface area contributed by atoms with Gasteiger partial charge in [-0.05, 0) is 43.4 Å². The fourth-order valence-corrected chi connectivity index (χ4v) is 2.47. The molecule has 0 aromatic heterocycles. The van der Waals surface area contributed by atoms with Crippen LogP contribution in [0.3, 0.4) is 0 Å². The lowest BCUT2D eigenvalue weighted by Gasteiger charge is -2.16. The van der Waals surface area contributed by atoms with Gasteiger partial charge in [-0.3, -0.25) is 0 Å². The minimum absolute atomic E-state index is 0.107. The Balaban J connectivity index is 2.13. The molecule has 2 rings (SSSR count). The van der Waals surface area contributed by atoms with Crippen LogP contribution in [0, 0.1) is 0 Å². The van der Waals surface area contributed by atoms with Crippen molar-refractivity contribution in [1.29, 1.82) is 0 Å². The maximum atomic E-state index is 11.3. The lowest BCUT2D eigenvalue weighted by atomic mass is 9.90. The van der Waals surface area contributed by atoms with E-state index in [4.69, 9.17) is 4.74 Å². The molecule has 1 aromatic rings. The number of hydrogen-bond donors (Lipinski definition) is 0. The van der Waals surface area contributed by atoms with E-state index in [0.717, 1.165) is 30.4 Å². The Kier molecular flexibility index (Phi) is 4.57. The average molecular weight is 244 g/mol. The SMILES string of the molecule is COc1ccc(C(C=O)C=C2CCCCC2)cc1. The van der Waals surface area contributed by atoms with Crippen molar-refractivity contribution in [3.63, 3.8) is 0 Å². The maximum absolute atomic E-state index is 11.3. The predicted molar refractivity (Wildman–Crippen MR) is 73.0 cm³/mol. The van der Waals surface area contributed by atoms with Crippen molar-refractivity contribution in [3.8, 4) is 5.75 Å². The van der Waals surface area contributed by atoms with E-state index in [1.54, 1.807) is 7.11 Å². The standard InChI is InChI=1S/C16H20O2/c1-18-16-9-7-14(8-10-16)15(12-17)11-13-5-3-2-4-6-13/h7-12,15H,2-6H2,1H3. The van der Waals surface area contributed by atoms with Crippen LogP contribution in [0.25, 0.3) is 0 Å². The summed E-state index contributed by atoms with van der Waals surface area (Å²) >= 11 is 0. The van der Waals surface area contributed by atoms with Crippen LogP contribution in [0.15, 0.2) is 35.9 Å². The van der Waals surface area contributed by atoms with Crippen molar-refractivity contribution in [2.45, 2.75) is 38.0 Å². The van der Waals surface area contributed by atoms with Crippen LogP contribution in [-0.2, 0) is 4.79 Å². The minimum Gasteiger partial charge on any atom is -0.497 e. The van der Waals surface area contributed by atoms with Crippen LogP contribution >= 0.6 is 0 Å². The highest BCUT2D eigenvalue weighted by Gasteiger charge is 2.11. The Bertz CT molecular complexity index is 409. The summed E-state index contributed by atoms with van der Waals surface area (Å²) in [6.45, 7) is 0. The Labute approximate surface area is 109 Å². The molecule has 0 amide bonds. The molecule has 0 bridgehead atoms. The molecule has 18 heavy (non-hydrogen) atoms. The summed E-state index contributed by atoms with van der Waals surface area (Å²) in [5.41, 5.74) is 2.48.